The van der Waals surface area contributed by atoms with Gasteiger partial charge in [0, 0.05) is 13.1 Å². The average molecular weight is 398 g/mol. The maximum Gasteiger partial charge on any atom is 0.410 e. The number of nitrogens with zero attached hydrogens (tertiary/aromatic N) is 1. The fourth-order valence-corrected chi connectivity index (χ4v) is 4.25. The third kappa shape index (κ3) is 7.50. The van der Waals surface area contributed by atoms with Gasteiger partial charge >= 0.3 is 6.09 Å². The van der Waals surface area contributed by atoms with Crippen molar-refractivity contribution in [1.29, 1.82) is 0 Å². The van der Waals surface area contributed by atoms with Crippen molar-refractivity contribution in [3.05, 3.63) is 35.9 Å². The molecule has 0 saturated carbocycles. The minimum absolute atomic E-state index is 0.108. The van der Waals surface area contributed by atoms with E-state index in [0.717, 1.165) is 18.4 Å². The number of carbonyl (C=O) groups is 1. The Hall–Kier alpha value is -1.60. The van der Waals surface area contributed by atoms with Gasteiger partial charge in [-0.25, -0.2) is 4.79 Å². The third-order valence-electron chi connectivity index (χ3n) is 4.69. The number of hydrogen-bond acceptors (Lipinski definition) is 5. The molecular weight excluding hydrogens is 366 g/mol. The third-order valence-corrected chi connectivity index (χ3v) is 5.87. The summed E-state index contributed by atoms with van der Waals surface area (Å²) in [5.41, 5.74) is 0.221. The summed E-state index contributed by atoms with van der Waals surface area (Å²) >= 11 is 0. The van der Waals surface area contributed by atoms with Crippen LogP contribution in [0.15, 0.2) is 30.3 Å². The lowest BCUT2D eigenvalue weighted by molar-refractivity contribution is 0.0152. The number of benzene rings is 1. The first kappa shape index (κ1) is 21.7. The highest BCUT2D eigenvalue weighted by Crippen LogP contribution is 2.26. The molecule has 1 fully saturated rings. The monoisotopic (exact) mass is 397 g/mol. The van der Waals surface area contributed by atoms with Crippen molar-refractivity contribution in [3.63, 3.8) is 0 Å². The molecule has 27 heavy (non-hydrogen) atoms. The van der Waals surface area contributed by atoms with Gasteiger partial charge in [-0.05, 0) is 51.0 Å². The molecule has 1 aromatic rings. The highest BCUT2D eigenvalue weighted by atomic mass is 32.2. The van der Waals surface area contributed by atoms with E-state index in [9.17, 15) is 13.2 Å². The van der Waals surface area contributed by atoms with Crippen LogP contribution in [0.1, 0.15) is 46.1 Å². The Balaban J connectivity index is 1.77. The number of carbonyl (C=O) groups excluding carboxylic acids is 1. The predicted molar refractivity (Wildman–Crippen MR) is 105 cm³/mol. The predicted octanol–water partition coefficient (Wildman–Crippen LogP) is 3.82. The quantitative estimate of drug-likeness (QED) is 0.683. The Morgan fingerprint density at radius 1 is 1.19 bits per heavy atom. The number of piperidine rings is 1. The lowest BCUT2D eigenvalue weighted by Gasteiger charge is -2.35. The summed E-state index contributed by atoms with van der Waals surface area (Å²) in [7, 11) is -3.60. The Morgan fingerprint density at radius 3 is 2.33 bits per heavy atom. The molecule has 2 rings (SSSR count). The molecule has 6 nitrogen and oxygen atoms in total. The van der Waals surface area contributed by atoms with E-state index in [1.54, 1.807) is 17.0 Å². The van der Waals surface area contributed by atoms with Crippen molar-refractivity contribution in [2.45, 2.75) is 51.9 Å². The number of rotatable bonds is 6. The van der Waals surface area contributed by atoms with Gasteiger partial charge in [0.1, 0.15) is 11.4 Å². The molecule has 0 N–H and O–H groups in total. The Bertz CT molecular complexity index is 704. The molecule has 0 aromatic heterocycles. The van der Waals surface area contributed by atoms with Gasteiger partial charge in [0.25, 0.3) is 10.1 Å². The SMILES string of the molecule is C[C@@H](COS(=O)(=O)Cc1ccccc1)C1CCN(C(=O)OC(C)(C)C)CC1. The van der Waals surface area contributed by atoms with E-state index in [-0.39, 0.29) is 24.4 Å². The second-order valence-electron chi connectivity index (χ2n) is 8.25. The molecule has 7 heteroatoms. The van der Waals surface area contributed by atoms with E-state index in [2.05, 4.69) is 0 Å². The van der Waals surface area contributed by atoms with Crippen LogP contribution in [0.2, 0.25) is 0 Å². The van der Waals surface area contributed by atoms with Gasteiger partial charge in [-0.15, -0.1) is 0 Å². The number of ether oxygens (including phenoxy) is 1. The Morgan fingerprint density at radius 2 is 1.78 bits per heavy atom. The smallest absolute Gasteiger partial charge is 0.410 e. The van der Waals surface area contributed by atoms with Crippen molar-refractivity contribution < 1.29 is 22.1 Å². The van der Waals surface area contributed by atoms with Crippen molar-refractivity contribution in [3.8, 4) is 0 Å². The second kappa shape index (κ2) is 9.06. The van der Waals surface area contributed by atoms with E-state index in [4.69, 9.17) is 8.92 Å². The Labute approximate surface area is 163 Å². The van der Waals surface area contributed by atoms with Gasteiger partial charge < -0.3 is 9.64 Å². The lowest BCUT2D eigenvalue weighted by Crippen LogP contribution is -2.43. The first-order chi connectivity index (χ1) is 12.6. The lowest BCUT2D eigenvalue weighted by atomic mass is 9.86. The first-order valence-corrected chi connectivity index (χ1v) is 11.0. The molecule has 1 heterocycles. The summed E-state index contributed by atoms with van der Waals surface area (Å²) in [5.74, 6) is 0.324. The zero-order valence-corrected chi connectivity index (χ0v) is 17.5. The van der Waals surface area contributed by atoms with E-state index in [1.165, 1.54) is 0 Å². The molecule has 1 aliphatic heterocycles. The fourth-order valence-electron chi connectivity index (χ4n) is 3.14. The summed E-state index contributed by atoms with van der Waals surface area (Å²) in [6.45, 7) is 8.99. The van der Waals surface area contributed by atoms with Crippen LogP contribution in [0.3, 0.4) is 0 Å². The first-order valence-electron chi connectivity index (χ1n) is 9.45. The molecule has 0 bridgehead atoms. The molecule has 1 aliphatic rings. The van der Waals surface area contributed by atoms with E-state index >= 15 is 0 Å². The van der Waals surface area contributed by atoms with Crippen LogP contribution in [-0.4, -0.2) is 44.7 Å². The van der Waals surface area contributed by atoms with Gasteiger partial charge in [0.2, 0.25) is 0 Å². The Kier molecular flexibility index (Phi) is 7.28. The highest BCUT2D eigenvalue weighted by molar-refractivity contribution is 7.85. The van der Waals surface area contributed by atoms with E-state index < -0.39 is 15.7 Å². The topological polar surface area (TPSA) is 72.9 Å². The minimum atomic E-state index is -3.60. The number of amides is 1. The number of hydrogen-bond donors (Lipinski definition) is 0. The molecule has 1 atom stereocenters. The summed E-state index contributed by atoms with van der Waals surface area (Å²) < 4.78 is 35.0. The van der Waals surface area contributed by atoms with Gasteiger partial charge in [0.15, 0.2) is 0 Å². The van der Waals surface area contributed by atoms with Crippen molar-refractivity contribution in [2.75, 3.05) is 19.7 Å². The largest absolute Gasteiger partial charge is 0.444 e. The summed E-state index contributed by atoms with van der Waals surface area (Å²) in [4.78, 5) is 13.8. The maximum absolute atomic E-state index is 12.2. The standard InChI is InChI=1S/C20H31NO5S/c1-16(14-25-27(23,24)15-17-8-6-5-7-9-17)18-10-12-21(13-11-18)19(22)26-20(2,3)4/h5-9,16,18H,10-15H2,1-4H3/t16-/m0/s1. The fraction of sp³-hybridized carbons (Fsp3) is 0.650. The summed E-state index contributed by atoms with van der Waals surface area (Å²) in [5, 5.41) is 0. The zero-order chi connectivity index (χ0) is 20.1. The molecule has 1 aromatic carbocycles. The van der Waals surface area contributed by atoms with Crippen LogP contribution in [0, 0.1) is 11.8 Å². The maximum atomic E-state index is 12.2. The average Bonchev–Trinajstić information content (AvgIpc) is 2.59. The second-order valence-corrected chi connectivity index (χ2v) is 9.89. The molecule has 1 amide bonds. The van der Waals surface area contributed by atoms with Crippen LogP contribution < -0.4 is 0 Å². The van der Waals surface area contributed by atoms with Crippen LogP contribution in [0.4, 0.5) is 4.79 Å². The minimum Gasteiger partial charge on any atom is -0.444 e. The van der Waals surface area contributed by atoms with Crippen LogP contribution in [-0.2, 0) is 24.8 Å². The molecule has 1 saturated heterocycles. The zero-order valence-electron chi connectivity index (χ0n) is 16.7. The van der Waals surface area contributed by atoms with Gasteiger partial charge in [-0.1, -0.05) is 37.3 Å². The summed E-state index contributed by atoms with van der Waals surface area (Å²) in [6.07, 6.45) is 1.36. The van der Waals surface area contributed by atoms with E-state index in [0.29, 0.717) is 19.0 Å². The molecule has 0 aliphatic carbocycles. The highest BCUT2D eigenvalue weighted by Gasteiger charge is 2.29. The van der Waals surface area contributed by atoms with E-state index in [1.807, 2.05) is 45.9 Å². The van der Waals surface area contributed by atoms with Crippen molar-refractivity contribution >= 4 is 16.2 Å². The summed E-state index contributed by atoms with van der Waals surface area (Å²) in [6, 6.07) is 9.02. The van der Waals surface area contributed by atoms with Crippen LogP contribution in [0.5, 0.6) is 0 Å². The molecular formula is C20H31NO5S. The number of likely N-dealkylation sites (tertiary alicyclic amines) is 1. The van der Waals surface area contributed by atoms with Gasteiger partial charge in [0.05, 0.1) is 6.61 Å². The molecule has 0 radical (unpaired) electrons. The molecule has 152 valence electrons. The van der Waals surface area contributed by atoms with Crippen LogP contribution in [0.25, 0.3) is 0 Å². The molecule has 0 spiro atoms. The van der Waals surface area contributed by atoms with Crippen molar-refractivity contribution in [1.82, 2.24) is 4.90 Å². The van der Waals surface area contributed by atoms with Crippen LogP contribution >= 0.6 is 0 Å². The van der Waals surface area contributed by atoms with Crippen molar-refractivity contribution in [2.24, 2.45) is 11.8 Å². The van der Waals surface area contributed by atoms with Gasteiger partial charge in [-0.2, -0.15) is 8.42 Å². The normalized spacial score (nSPS) is 17.6. The molecule has 0 unspecified atom stereocenters. The van der Waals surface area contributed by atoms with Gasteiger partial charge in [-0.3, -0.25) is 4.18 Å².